The van der Waals surface area contributed by atoms with Crippen LogP contribution in [0.25, 0.3) is 0 Å². The van der Waals surface area contributed by atoms with E-state index >= 15 is 0 Å². The topological polar surface area (TPSA) is 130 Å². The zero-order valence-corrected chi connectivity index (χ0v) is 29.2. The normalized spacial score (nSPS) is 16.5. The number of likely N-dealkylation sites (tertiary alicyclic amines) is 1. The van der Waals surface area contributed by atoms with Crippen LogP contribution in [0.15, 0.2) is 78.7 Å². The number of hydrogen-bond donors (Lipinski definition) is 3. The predicted octanol–water partition coefficient (Wildman–Crippen LogP) is 4.63. The zero-order chi connectivity index (χ0) is 34.8. The fourth-order valence-corrected chi connectivity index (χ4v) is 6.79. The Morgan fingerprint density at radius 3 is 2.17 bits per heavy atom. The van der Waals surface area contributed by atoms with E-state index in [1.54, 1.807) is 16.4 Å². The van der Waals surface area contributed by atoms with Crippen LogP contribution < -0.4 is 16.0 Å². The van der Waals surface area contributed by atoms with Gasteiger partial charge in [0.2, 0.25) is 17.7 Å². The number of carbonyl (C=O) groups is 4. The molecule has 4 atom stereocenters. The van der Waals surface area contributed by atoms with Crippen molar-refractivity contribution in [3.05, 3.63) is 101 Å². The third-order valence-electron chi connectivity index (χ3n) is 8.54. The third kappa shape index (κ3) is 9.60. The van der Waals surface area contributed by atoms with Crippen LogP contribution in [0.3, 0.4) is 0 Å². The molecule has 3 N–H and O–H groups in total. The summed E-state index contributed by atoms with van der Waals surface area (Å²) >= 11 is 1.28. The first-order valence-electron chi connectivity index (χ1n) is 16.4. The second kappa shape index (κ2) is 16.7. The largest absolute Gasteiger partial charge is 0.464 e. The average Bonchev–Trinajstić information content (AvgIpc) is 3.77. The maximum atomic E-state index is 14.4. The fourth-order valence-electron chi connectivity index (χ4n) is 5.78. The van der Waals surface area contributed by atoms with Crippen LogP contribution in [0.1, 0.15) is 73.2 Å². The number of nitrogens with zero attached hydrogens (tertiary/aromatic N) is 2. The molecule has 0 aliphatic carbocycles. The summed E-state index contributed by atoms with van der Waals surface area (Å²) in [5, 5.41) is 11.8. The van der Waals surface area contributed by atoms with Gasteiger partial charge in [-0.25, -0.2) is 9.78 Å². The standard InChI is InChI=1S/C37H47N5O5S/c1-7-37(4,5)41-27(21-25-15-10-8-11-16-25)32(43)38-28(22-26-17-12-9-13-18-26)35(45)42-20-14-19-30(42)33(44)40-31(24(2)3)34-39-29(23-48-34)36(46)47-6/h7-13,15-18,23-24,27-28,30-31,41H,1,14,19-22H2,2-6H3,(H,38,43)(H,40,44). The quantitative estimate of drug-likeness (QED) is 0.159. The molecule has 2 aromatic carbocycles. The van der Waals surface area contributed by atoms with Crippen LogP contribution in [0.5, 0.6) is 0 Å². The monoisotopic (exact) mass is 673 g/mol. The lowest BCUT2D eigenvalue weighted by molar-refractivity contribution is -0.142. The van der Waals surface area contributed by atoms with E-state index in [4.69, 9.17) is 4.74 Å². The summed E-state index contributed by atoms with van der Waals surface area (Å²) in [7, 11) is 1.30. The number of hydrogen-bond acceptors (Lipinski definition) is 8. The number of rotatable bonds is 15. The number of ether oxygens (including phenoxy) is 1. The highest BCUT2D eigenvalue weighted by Crippen LogP contribution is 2.27. The number of carbonyl (C=O) groups excluding carboxylic acids is 4. The van der Waals surface area contributed by atoms with Crippen molar-refractivity contribution in [2.75, 3.05) is 13.7 Å². The molecule has 4 rings (SSSR count). The summed E-state index contributed by atoms with van der Waals surface area (Å²) < 4.78 is 4.79. The maximum absolute atomic E-state index is 14.4. The molecule has 0 saturated carbocycles. The third-order valence-corrected chi connectivity index (χ3v) is 9.47. The highest BCUT2D eigenvalue weighted by molar-refractivity contribution is 7.09. The van der Waals surface area contributed by atoms with Crippen LogP contribution in [0.2, 0.25) is 0 Å². The molecule has 3 amide bonds. The average molecular weight is 674 g/mol. The molecule has 11 heteroatoms. The van der Waals surface area contributed by atoms with Gasteiger partial charge in [0.15, 0.2) is 5.69 Å². The van der Waals surface area contributed by atoms with Gasteiger partial charge in [-0.15, -0.1) is 17.9 Å². The first-order valence-corrected chi connectivity index (χ1v) is 17.2. The van der Waals surface area contributed by atoms with Crippen molar-refractivity contribution in [2.24, 2.45) is 5.92 Å². The maximum Gasteiger partial charge on any atom is 0.357 e. The van der Waals surface area contributed by atoms with Crippen molar-refractivity contribution >= 4 is 35.0 Å². The molecule has 4 unspecified atom stereocenters. The van der Waals surface area contributed by atoms with Gasteiger partial charge in [0.05, 0.1) is 19.2 Å². The lowest BCUT2D eigenvalue weighted by atomic mass is 9.98. The lowest BCUT2D eigenvalue weighted by Crippen LogP contribution is -2.59. The molecule has 1 aliphatic rings. The number of thiazole rings is 1. The fraction of sp³-hybridized carbons (Fsp3) is 0.432. The van der Waals surface area contributed by atoms with Crippen molar-refractivity contribution < 1.29 is 23.9 Å². The van der Waals surface area contributed by atoms with Crippen LogP contribution in [-0.4, -0.2) is 70.9 Å². The summed E-state index contributed by atoms with van der Waals surface area (Å²) in [6.07, 6.45) is 3.58. The van der Waals surface area contributed by atoms with Gasteiger partial charge >= 0.3 is 5.97 Å². The van der Waals surface area contributed by atoms with Gasteiger partial charge in [-0.2, -0.15) is 0 Å². The molecule has 256 valence electrons. The smallest absolute Gasteiger partial charge is 0.357 e. The van der Waals surface area contributed by atoms with Crippen LogP contribution >= 0.6 is 11.3 Å². The number of esters is 1. The minimum atomic E-state index is -0.900. The lowest BCUT2D eigenvalue weighted by Gasteiger charge is -2.32. The number of aromatic nitrogens is 1. The van der Waals surface area contributed by atoms with E-state index in [0.717, 1.165) is 11.1 Å². The first kappa shape index (κ1) is 36.5. The highest BCUT2D eigenvalue weighted by atomic mass is 32.1. The van der Waals surface area contributed by atoms with E-state index in [9.17, 15) is 19.2 Å². The summed E-state index contributed by atoms with van der Waals surface area (Å²) in [5.41, 5.74) is 1.51. The van der Waals surface area contributed by atoms with E-state index in [1.807, 2.05) is 88.4 Å². The van der Waals surface area contributed by atoms with E-state index < -0.39 is 35.7 Å². The Balaban J connectivity index is 1.57. The van der Waals surface area contributed by atoms with Gasteiger partial charge in [0, 0.05) is 23.9 Å². The molecule has 1 aliphatic heterocycles. The van der Waals surface area contributed by atoms with Crippen LogP contribution in [0, 0.1) is 5.92 Å². The predicted molar refractivity (Wildman–Crippen MR) is 187 cm³/mol. The Morgan fingerprint density at radius 1 is 1.00 bits per heavy atom. The number of benzene rings is 2. The van der Waals surface area contributed by atoms with Gasteiger partial charge in [0.1, 0.15) is 17.1 Å². The van der Waals surface area contributed by atoms with Crippen molar-refractivity contribution in [1.82, 2.24) is 25.8 Å². The molecular weight excluding hydrogens is 627 g/mol. The Labute approximate surface area is 287 Å². The zero-order valence-electron chi connectivity index (χ0n) is 28.4. The molecule has 1 fully saturated rings. The van der Waals surface area contributed by atoms with Crippen molar-refractivity contribution in [2.45, 2.75) is 83.1 Å². The molecule has 0 spiro atoms. The number of amides is 3. The molecule has 3 aromatic rings. The number of nitrogens with one attached hydrogen (secondary N) is 3. The number of methoxy groups -OCH3 is 1. The Morgan fingerprint density at radius 2 is 1.60 bits per heavy atom. The minimum Gasteiger partial charge on any atom is -0.464 e. The van der Waals surface area contributed by atoms with Gasteiger partial charge in [-0.1, -0.05) is 80.6 Å². The molecule has 0 bridgehead atoms. The van der Waals surface area contributed by atoms with Gasteiger partial charge < -0.3 is 20.3 Å². The summed E-state index contributed by atoms with van der Waals surface area (Å²) in [5.74, 6) is -1.49. The van der Waals surface area contributed by atoms with E-state index in [1.165, 1.54) is 18.4 Å². The summed E-state index contributed by atoms with van der Waals surface area (Å²) in [6.45, 7) is 12.1. The van der Waals surface area contributed by atoms with Crippen molar-refractivity contribution in [1.29, 1.82) is 0 Å². The Bertz CT molecular complexity index is 1560. The molecule has 1 saturated heterocycles. The second-order valence-corrected chi connectivity index (χ2v) is 13.9. The summed E-state index contributed by atoms with van der Waals surface area (Å²) in [6, 6.07) is 16.5. The molecule has 1 aromatic heterocycles. The van der Waals surface area contributed by atoms with Crippen LogP contribution in [-0.2, 0) is 32.0 Å². The van der Waals surface area contributed by atoms with E-state index in [2.05, 4.69) is 27.5 Å². The Hall–Kier alpha value is -4.35. The van der Waals surface area contributed by atoms with Gasteiger partial charge in [-0.3, -0.25) is 19.7 Å². The Kier molecular flexibility index (Phi) is 12.7. The SMILES string of the molecule is C=CC(C)(C)NC(Cc1ccccc1)C(=O)NC(Cc1ccccc1)C(=O)N1CCCC1C(=O)NC(c1nc(C(=O)OC)cs1)C(C)C. The molecule has 0 radical (unpaired) electrons. The molecule has 10 nitrogen and oxygen atoms in total. The minimum absolute atomic E-state index is 0.0323. The van der Waals surface area contributed by atoms with E-state index in [-0.39, 0.29) is 35.8 Å². The highest BCUT2D eigenvalue weighted by Gasteiger charge is 2.40. The molecule has 2 heterocycles. The molecule has 48 heavy (non-hydrogen) atoms. The molecular formula is C37H47N5O5S. The van der Waals surface area contributed by atoms with E-state index in [0.29, 0.717) is 30.8 Å². The summed E-state index contributed by atoms with van der Waals surface area (Å²) in [4.78, 5) is 60.2. The van der Waals surface area contributed by atoms with Gasteiger partial charge in [0.25, 0.3) is 0 Å². The van der Waals surface area contributed by atoms with Gasteiger partial charge in [-0.05, 0) is 50.2 Å². The van der Waals surface area contributed by atoms with Crippen LogP contribution in [0.4, 0.5) is 0 Å². The van der Waals surface area contributed by atoms with Crippen molar-refractivity contribution in [3.8, 4) is 0 Å². The van der Waals surface area contributed by atoms with Crippen molar-refractivity contribution in [3.63, 3.8) is 0 Å². The second-order valence-electron chi connectivity index (χ2n) is 13.0. The first-order chi connectivity index (χ1) is 22.9.